The monoisotopic (exact) mass is 402 g/mol. The largest absolute Gasteiger partial charge is 0.493 e. The predicted octanol–water partition coefficient (Wildman–Crippen LogP) is 3.12. The summed E-state index contributed by atoms with van der Waals surface area (Å²) in [6, 6.07) is 10.6. The zero-order chi connectivity index (χ0) is 21.4. The van der Waals surface area contributed by atoms with Crippen molar-refractivity contribution in [1.29, 1.82) is 0 Å². The second-order valence-corrected chi connectivity index (χ2v) is 6.22. The highest BCUT2D eigenvalue weighted by Gasteiger charge is 2.18. The van der Waals surface area contributed by atoms with Gasteiger partial charge in [0.05, 0.1) is 19.1 Å². The van der Waals surface area contributed by atoms with Crippen LogP contribution >= 0.6 is 0 Å². The van der Waals surface area contributed by atoms with E-state index < -0.39 is 10.9 Å². The predicted molar refractivity (Wildman–Crippen MR) is 104 cm³/mol. The van der Waals surface area contributed by atoms with Crippen molar-refractivity contribution in [3.05, 3.63) is 63.7 Å². The Kier molecular flexibility index (Phi) is 7.53. The van der Waals surface area contributed by atoms with Crippen LogP contribution in [-0.2, 0) is 11.3 Å². The number of nitro benzene ring substituents is 1. The van der Waals surface area contributed by atoms with E-state index in [4.69, 9.17) is 14.6 Å². The molecule has 1 amide bonds. The van der Waals surface area contributed by atoms with E-state index in [0.29, 0.717) is 11.5 Å². The van der Waals surface area contributed by atoms with E-state index in [9.17, 15) is 19.7 Å². The first-order valence-electron chi connectivity index (χ1n) is 8.82. The Labute approximate surface area is 167 Å². The molecule has 29 heavy (non-hydrogen) atoms. The summed E-state index contributed by atoms with van der Waals surface area (Å²) in [5, 5.41) is 19.7. The minimum atomic E-state index is -0.946. The molecule has 2 rings (SSSR count). The lowest BCUT2D eigenvalue weighted by atomic mass is 10.1. The number of ether oxygens (including phenoxy) is 2. The molecule has 0 aliphatic carbocycles. The molecule has 0 fully saturated rings. The number of nitro groups is 1. The number of carboxylic acid groups (broad SMARTS) is 1. The molecule has 1 N–H and O–H groups in total. The van der Waals surface area contributed by atoms with Crippen LogP contribution in [0.25, 0.3) is 0 Å². The van der Waals surface area contributed by atoms with Gasteiger partial charge in [0.1, 0.15) is 0 Å². The lowest BCUT2D eigenvalue weighted by molar-refractivity contribution is -0.384. The molecule has 0 spiro atoms. The number of methoxy groups -OCH3 is 2. The van der Waals surface area contributed by atoms with Crippen LogP contribution in [-0.4, -0.2) is 47.6 Å². The molecule has 0 saturated carbocycles. The van der Waals surface area contributed by atoms with E-state index >= 15 is 0 Å². The van der Waals surface area contributed by atoms with Crippen LogP contribution in [0, 0.1) is 10.1 Å². The third kappa shape index (κ3) is 5.93. The van der Waals surface area contributed by atoms with Gasteiger partial charge >= 0.3 is 5.97 Å². The van der Waals surface area contributed by atoms with Crippen molar-refractivity contribution in [1.82, 2.24) is 4.90 Å². The van der Waals surface area contributed by atoms with Gasteiger partial charge in [0.2, 0.25) is 0 Å². The third-order valence-electron chi connectivity index (χ3n) is 4.25. The average Bonchev–Trinajstić information content (AvgIpc) is 2.72. The summed E-state index contributed by atoms with van der Waals surface area (Å²) < 4.78 is 10.5. The number of hydrogen-bond acceptors (Lipinski definition) is 6. The number of aliphatic carboxylic acids is 1. The molecule has 0 aliphatic heterocycles. The molecule has 0 bridgehead atoms. The summed E-state index contributed by atoms with van der Waals surface area (Å²) in [4.78, 5) is 35.5. The molecule has 0 aliphatic rings. The van der Waals surface area contributed by atoms with Gasteiger partial charge < -0.3 is 19.5 Å². The fraction of sp³-hybridized carbons (Fsp3) is 0.300. The minimum Gasteiger partial charge on any atom is -0.493 e. The third-order valence-corrected chi connectivity index (χ3v) is 4.25. The van der Waals surface area contributed by atoms with Crippen molar-refractivity contribution >= 4 is 17.6 Å². The normalized spacial score (nSPS) is 10.3. The fourth-order valence-corrected chi connectivity index (χ4v) is 2.78. The summed E-state index contributed by atoms with van der Waals surface area (Å²) in [6.45, 7) is 0.437. The van der Waals surface area contributed by atoms with Crippen molar-refractivity contribution in [2.75, 3.05) is 20.8 Å². The molecular weight excluding hydrogens is 380 g/mol. The second-order valence-electron chi connectivity index (χ2n) is 6.22. The van der Waals surface area contributed by atoms with Gasteiger partial charge in [-0.15, -0.1) is 0 Å². The molecule has 0 radical (unpaired) electrons. The Hall–Kier alpha value is -3.62. The summed E-state index contributed by atoms with van der Waals surface area (Å²) >= 11 is 0. The summed E-state index contributed by atoms with van der Waals surface area (Å²) in [5.41, 5.74) is 0.943. The van der Waals surface area contributed by atoms with E-state index in [1.165, 1.54) is 43.4 Å². The number of carbonyl (C=O) groups is 2. The zero-order valence-electron chi connectivity index (χ0n) is 16.2. The van der Waals surface area contributed by atoms with Crippen LogP contribution in [0.15, 0.2) is 42.5 Å². The Balaban J connectivity index is 2.24. The number of nitrogens with zero attached hydrogens (tertiary/aromatic N) is 2. The zero-order valence-corrected chi connectivity index (χ0v) is 16.2. The first-order valence-corrected chi connectivity index (χ1v) is 8.82. The van der Waals surface area contributed by atoms with Crippen molar-refractivity contribution in [2.24, 2.45) is 0 Å². The van der Waals surface area contributed by atoms with Crippen molar-refractivity contribution in [2.45, 2.75) is 19.4 Å². The Morgan fingerprint density at radius 3 is 2.28 bits per heavy atom. The minimum absolute atomic E-state index is 0.0734. The molecular formula is C20H22N2O7. The highest BCUT2D eigenvalue weighted by Crippen LogP contribution is 2.28. The average molecular weight is 402 g/mol. The SMILES string of the molecule is COc1ccc(CN(CCCC(=O)O)C(=O)c2ccc([N+](=O)[O-])cc2)cc1OC. The Morgan fingerprint density at radius 1 is 1.07 bits per heavy atom. The molecule has 9 heteroatoms. The topological polar surface area (TPSA) is 119 Å². The number of hydrogen-bond donors (Lipinski definition) is 1. The summed E-state index contributed by atoms with van der Waals surface area (Å²) in [5.74, 6) is -0.229. The molecule has 154 valence electrons. The maximum Gasteiger partial charge on any atom is 0.303 e. The molecule has 0 saturated heterocycles. The number of non-ortho nitro benzene ring substituents is 1. The van der Waals surface area contributed by atoms with Crippen molar-refractivity contribution in [3.63, 3.8) is 0 Å². The van der Waals surface area contributed by atoms with Gasteiger partial charge in [0.25, 0.3) is 11.6 Å². The number of carboxylic acids is 1. The Bertz CT molecular complexity index is 881. The fourth-order valence-electron chi connectivity index (χ4n) is 2.78. The smallest absolute Gasteiger partial charge is 0.303 e. The van der Waals surface area contributed by atoms with Crippen LogP contribution in [0.4, 0.5) is 5.69 Å². The maximum absolute atomic E-state index is 12.9. The number of carbonyl (C=O) groups excluding carboxylic acids is 1. The molecule has 9 nitrogen and oxygen atoms in total. The lowest BCUT2D eigenvalue weighted by Gasteiger charge is -2.23. The van der Waals surface area contributed by atoms with Gasteiger partial charge in [-0.2, -0.15) is 0 Å². The van der Waals surface area contributed by atoms with Gasteiger partial charge in [-0.05, 0) is 36.2 Å². The molecule has 2 aromatic carbocycles. The van der Waals surface area contributed by atoms with Gasteiger partial charge in [-0.3, -0.25) is 19.7 Å². The highest BCUT2D eigenvalue weighted by atomic mass is 16.6. The highest BCUT2D eigenvalue weighted by molar-refractivity contribution is 5.94. The standard InChI is InChI=1S/C20H22N2O7/c1-28-17-10-5-14(12-18(17)29-2)13-21(11-3-4-19(23)24)20(25)15-6-8-16(9-7-15)22(26)27/h5-10,12H,3-4,11,13H2,1-2H3,(H,23,24). The van der Waals surface area contributed by atoms with Crippen LogP contribution in [0.1, 0.15) is 28.8 Å². The molecule has 0 aromatic heterocycles. The summed E-state index contributed by atoms with van der Waals surface area (Å²) in [7, 11) is 3.03. The van der Waals surface area contributed by atoms with Crippen LogP contribution < -0.4 is 9.47 Å². The van der Waals surface area contributed by atoms with Gasteiger partial charge in [0, 0.05) is 37.2 Å². The number of rotatable bonds is 10. The lowest BCUT2D eigenvalue weighted by Crippen LogP contribution is -2.31. The number of amides is 1. The van der Waals surface area contributed by atoms with E-state index in [-0.39, 0.29) is 43.1 Å². The van der Waals surface area contributed by atoms with E-state index in [2.05, 4.69) is 0 Å². The number of benzene rings is 2. The van der Waals surface area contributed by atoms with Gasteiger partial charge in [-0.1, -0.05) is 6.07 Å². The van der Waals surface area contributed by atoms with Gasteiger partial charge in [0.15, 0.2) is 11.5 Å². The molecule has 2 aromatic rings. The van der Waals surface area contributed by atoms with Crippen LogP contribution in [0.5, 0.6) is 11.5 Å². The van der Waals surface area contributed by atoms with E-state index in [0.717, 1.165) is 5.56 Å². The molecule has 0 unspecified atom stereocenters. The van der Waals surface area contributed by atoms with E-state index in [1.807, 2.05) is 0 Å². The van der Waals surface area contributed by atoms with Crippen molar-refractivity contribution < 1.29 is 29.1 Å². The Morgan fingerprint density at radius 2 is 1.72 bits per heavy atom. The first kappa shape index (κ1) is 21.7. The van der Waals surface area contributed by atoms with Crippen LogP contribution in [0.3, 0.4) is 0 Å². The molecule has 0 atom stereocenters. The second kappa shape index (κ2) is 10.1. The maximum atomic E-state index is 12.9. The van der Waals surface area contributed by atoms with E-state index in [1.54, 1.807) is 18.2 Å². The summed E-state index contributed by atoms with van der Waals surface area (Å²) in [6.07, 6.45) is 0.206. The quantitative estimate of drug-likeness (QED) is 0.479. The van der Waals surface area contributed by atoms with Gasteiger partial charge in [-0.25, -0.2) is 0 Å². The first-order chi connectivity index (χ1) is 13.8. The van der Waals surface area contributed by atoms with Crippen LogP contribution in [0.2, 0.25) is 0 Å². The molecule has 0 heterocycles. The van der Waals surface area contributed by atoms with Crippen molar-refractivity contribution in [3.8, 4) is 11.5 Å².